The van der Waals surface area contributed by atoms with Gasteiger partial charge in [-0.2, -0.15) is 0 Å². The van der Waals surface area contributed by atoms with Crippen LogP contribution >= 0.6 is 0 Å². The van der Waals surface area contributed by atoms with E-state index < -0.39 is 0 Å². The quantitative estimate of drug-likeness (QED) is 0.539. The second-order valence-corrected chi connectivity index (χ2v) is 2.16. The van der Waals surface area contributed by atoms with Crippen molar-refractivity contribution in [2.24, 2.45) is 0 Å². The van der Waals surface area contributed by atoms with E-state index in [0.717, 1.165) is 12.8 Å². The fourth-order valence-electron chi connectivity index (χ4n) is 0.886. The van der Waals surface area contributed by atoms with Crippen molar-refractivity contribution in [3.63, 3.8) is 0 Å². The van der Waals surface area contributed by atoms with Gasteiger partial charge in [0.15, 0.2) is 0 Å². The lowest BCUT2D eigenvalue weighted by atomic mass is 10.2. The molecule has 0 aromatic carbocycles. The van der Waals surface area contributed by atoms with Crippen LogP contribution in [0.1, 0.15) is 47.5 Å². The van der Waals surface area contributed by atoms with Crippen molar-refractivity contribution < 1.29 is 0 Å². The van der Waals surface area contributed by atoms with Crippen LogP contribution in [0.3, 0.4) is 0 Å². The molecular formula is C13H24. The average Bonchev–Trinajstić information content (AvgIpc) is 2.51. The van der Waals surface area contributed by atoms with Crippen LogP contribution in [0.2, 0.25) is 0 Å². The summed E-state index contributed by atoms with van der Waals surface area (Å²) in [4.78, 5) is 0. The third-order valence-corrected chi connectivity index (χ3v) is 1.48. The van der Waals surface area contributed by atoms with E-state index in [1.54, 1.807) is 0 Å². The SMILES string of the molecule is CC.CC.CCC1=CCC=CC=C1. The Morgan fingerprint density at radius 2 is 1.69 bits per heavy atom. The lowest BCUT2D eigenvalue weighted by Gasteiger charge is -1.90. The van der Waals surface area contributed by atoms with Crippen molar-refractivity contribution >= 4 is 0 Å². The molecule has 0 radical (unpaired) electrons. The molecule has 0 nitrogen and oxygen atoms in total. The van der Waals surface area contributed by atoms with Gasteiger partial charge in [0.2, 0.25) is 0 Å². The fraction of sp³-hybridized carbons (Fsp3) is 0.538. The summed E-state index contributed by atoms with van der Waals surface area (Å²) in [6, 6.07) is 0. The first kappa shape index (κ1) is 14.7. The van der Waals surface area contributed by atoms with Crippen molar-refractivity contribution in [1.82, 2.24) is 0 Å². The van der Waals surface area contributed by atoms with Crippen molar-refractivity contribution in [3.8, 4) is 0 Å². The molecule has 0 bridgehead atoms. The Balaban J connectivity index is 0. The van der Waals surface area contributed by atoms with Gasteiger partial charge in [-0.15, -0.1) is 0 Å². The molecular weight excluding hydrogens is 156 g/mol. The van der Waals surface area contributed by atoms with E-state index in [2.05, 4.69) is 37.3 Å². The van der Waals surface area contributed by atoms with Gasteiger partial charge in [0, 0.05) is 0 Å². The van der Waals surface area contributed by atoms with Gasteiger partial charge in [-0.1, -0.05) is 70.6 Å². The van der Waals surface area contributed by atoms with E-state index in [0.29, 0.717) is 0 Å². The third kappa shape index (κ3) is 9.13. The summed E-state index contributed by atoms with van der Waals surface area (Å²) in [5, 5.41) is 0. The van der Waals surface area contributed by atoms with Crippen LogP contribution < -0.4 is 0 Å². The van der Waals surface area contributed by atoms with Gasteiger partial charge in [0.1, 0.15) is 0 Å². The minimum atomic E-state index is 1.09. The maximum atomic E-state index is 2.26. The highest BCUT2D eigenvalue weighted by atomic mass is 13.9. The summed E-state index contributed by atoms with van der Waals surface area (Å²) < 4.78 is 0. The van der Waals surface area contributed by atoms with E-state index in [1.165, 1.54) is 5.57 Å². The molecule has 0 heteroatoms. The lowest BCUT2D eigenvalue weighted by Crippen LogP contribution is -1.70. The highest BCUT2D eigenvalue weighted by molar-refractivity contribution is 5.25. The van der Waals surface area contributed by atoms with Crippen molar-refractivity contribution in [3.05, 3.63) is 36.0 Å². The molecule has 13 heavy (non-hydrogen) atoms. The molecule has 0 N–H and O–H groups in total. The predicted octanol–water partition coefficient (Wildman–Crippen LogP) is 4.89. The molecule has 0 saturated carbocycles. The molecule has 0 aliphatic heterocycles. The largest absolute Gasteiger partial charge is 0.0807 e. The Labute approximate surface area is 84.1 Å². The smallest absolute Gasteiger partial charge is 0.0160 e. The van der Waals surface area contributed by atoms with Gasteiger partial charge < -0.3 is 0 Å². The molecule has 0 fully saturated rings. The molecule has 0 aromatic heterocycles. The minimum Gasteiger partial charge on any atom is -0.0807 e. The summed E-state index contributed by atoms with van der Waals surface area (Å²) in [7, 11) is 0. The van der Waals surface area contributed by atoms with Gasteiger partial charge in [-0.25, -0.2) is 0 Å². The summed E-state index contributed by atoms with van der Waals surface area (Å²) >= 11 is 0. The second-order valence-electron chi connectivity index (χ2n) is 2.16. The molecule has 1 aliphatic rings. The van der Waals surface area contributed by atoms with Gasteiger partial charge >= 0.3 is 0 Å². The first-order chi connectivity index (χ1) is 6.43. The van der Waals surface area contributed by atoms with Crippen LogP contribution in [0.25, 0.3) is 0 Å². The molecule has 0 spiro atoms. The van der Waals surface area contributed by atoms with Crippen LogP contribution in [0.4, 0.5) is 0 Å². The maximum absolute atomic E-state index is 2.26. The number of rotatable bonds is 1. The lowest BCUT2D eigenvalue weighted by molar-refractivity contribution is 1.13. The minimum absolute atomic E-state index is 1.09. The zero-order valence-electron chi connectivity index (χ0n) is 9.80. The Kier molecular flexibility index (Phi) is 15.6. The Hall–Kier alpha value is -0.780. The molecule has 76 valence electrons. The number of allylic oxidation sites excluding steroid dienone is 6. The summed E-state index contributed by atoms with van der Waals surface area (Å²) in [5.74, 6) is 0. The number of hydrogen-bond donors (Lipinski definition) is 0. The highest BCUT2D eigenvalue weighted by Crippen LogP contribution is 2.07. The van der Waals surface area contributed by atoms with Crippen molar-refractivity contribution in [2.45, 2.75) is 47.5 Å². The second kappa shape index (κ2) is 13.8. The Bertz CT molecular complexity index is 159. The molecule has 0 saturated heterocycles. The summed E-state index contributed by atoms with van der Waals surface area (Å²) in [6.07, 6.45) is 13.0. The van der Waals surface area contributed by atoms with Gasteiger partial charge in [0.05, 0.1) is 0 Å². The molecule has 0 aromatic rings. The zero-order chi connectivity index (χ0) is 10.5. The summed E-state index contributed by atoms with van der Waals surface area (Å²) in [6.45, 7) is 10.2. The predicted molar refractivity (Wildman–Crippen MR) is 64.0 cm³/mol. The molecule has 0 amide bonds. The third-order valence-electron chi connectivity index (χ3n) is 1.48. The van der Waals surface area contributed by atoms with E-state index >= 15 is 0 Å². The van der Waals surface area contributed by atoms with E-state index in [4.69, 9.17) is 0 Å². The molecule has 0 atom stereocenters. The monoisotopic (exact) mass is 180 g/mol. The van der Waals surface area contributed by atoms with E-state index in [9.17, 15) is 0 Å². The highest BCUT2D eigenvalue weighted by Gasteiger charge is 1.86. The molecule has 1 aliphatic carbocycles. The van der Waals surface area contributed by atoms with E-state index in [-0.39, 0.29) is 0 Å². The normalized spacial score (nSPS) is 12.8. The topological polar surface area (TPSA) is 0 Å². The van der Waals surface area contributed by atoms with Crippen molar-refractivity contribution in [1.29, 1.82) is 0 Å². The van der Waals surface area contributed by atoms with Gasteiger partial charge in [-0.3, -0.25) is 0 Å². The van der Waals surface area contributed by atoms with Gasteiger partial charge in [-0.05, 0) is 12.8 Å². The molecule has 0 unspecified atom stereocenters. The van der Waals surface area contributed by atoms with Crippen LogP contribution in [0.5, 0.6) is 0 Å². The Morgan fingerprint density at radius 3 is 2.23 bits per heavy atom. The van der Waals surface area contributed by atoms with Crippen LogP contribution in [-0.2, 0) is 0 Å². The fourth-order valence-corrected chi connectivity index (χ4v) is 0.886. The summed E-state index contributed by atoms with van der Waals surface area (Å²) in [5.41, 5.74) is 1.44. The van der Waals surface area contributed by atoms with Crippen LogP contribution in [-0.4, -0.2) is 0 Å². The van der Waals surface area contributed by atoms with Crippen LogP contribution in [0, 0.1) is 0 Å². The maximum Gasteiger partial charge on any atom is -0.0160 e. The zero-order valence-corrected chi connectivity index (χ0v) is 9.80. The van der Waals surface area contributed by atoms with Crippen molar-refractivity contribution in [2.75, 3.05) is 0 Å². The average molecular weight is 180 g/mol. The first-order valence-corrected chi connectivity index (χ1v) is 5.45. The number of hydrogen-bond acceptors (Lipinski definition) is 0. The molecule has 0 heterocycles. The molecule has 1 rings (SSSR count). The van der Waals surface area contributed by atoms with Crippen LogP contribution in [0.15, 0.2) is 36.0 Å². The van der Waals surface area contributed by atoms with E-state index in [1.807, 2.05) is 27.7 Å². The first-order valence-electron chi connectivity index (χ1n) is 5.45. The van der Waals surface area contributed by atoms with Gasteiger partial charge in [0.25, 0.3) is 0 Å². The standard InChI is InChI=1S/C9H12.2C2H6/c1-2-9-7-5-3-4-6-8-9;2*1-2/h3-5,7-8H,2,6H2,1H3;2*1-2H3. The Morgan fingerprint density at radius 1 is 1.08 bits per heavy atom.